The van der Waals surface area contributed by atoms with Crippen LogP contribution in [-0.4, -0.2) is 11.0 Å². The highest BCUT2D eigenvalue weighted by atomic mass is 16.3. The van der Waals surface area contributed by atoms with Crippen LogP contribution in [0, 0.1) is 0 Å². The molecule has 0 fully saturated rings. The molecule has 1 amide bonds. The molecule has 0 radical (unpaired) electrons. The fraction of sp³-hybridized carbons (Fsp3) is 0.250. The van der Waals surface area contributed by atoms with Crippen molar-refractivity contribution in [3.8, 4) is 0 Å². The highest BCUT2D eigenvalue weighted by Crippen LogP contribution is 2.15. The van der Waals surface area contributed by atoms with Crippen LogP contribution in [0.2, 0.25) is 0 Å². The van der Waals surface area contributed by atoms with Gasteiger partial charge in [0, 0.05) is 17.7 Å². The molecule has 0 unspecified atom stereocenters. The normalized spacial score (nSPS) is 9.67. The number of amides is 1. The molecule has 2 N–H and O–H groups in total. The summed E-state index contributed by atoms with van der Waals surface area (Å²) in [5.41, 5.74) is 1.40. The Labute approximate surface area is 89.4 Å². The average Bonchev–Trinajstić information content (AvgIpc) is 2.27. The number of hydrogen-bond acceptors (Lipinski definition) is 2. The van der Waals surface area contributed by atoms with Crippen LogP contribution < -0.4 is 5.32 Å². The summed E-state index contributed by atoms with van der Waals surface area (Å²) in [5.74, 6) is -0.0594. The van der Waals surface area contributed by atoms with Crippen molar-refractivity contribution >= 4 is 11.6 Å². The minimum absolute atomic E-state index is 0.0594. The van der Waals surface area contributed by atoms with Crippen molar-refractivity contribution in [1.29, 1.82) is 0 Å². The van der Waals surface area contributed by atoms with Gasteiger partial charge in [0.1, 0.15) is 0 Å². The first-order valence-corrected chi connectivity index (χ1v) is 4.87. The van der Waals surface area contributed by atoms with Gasteiger partial charge in [0.25, 0.3) is 0 Å². The number of carbonyl (C=O) groups is 1. The Bertz CT molecular complexity index is 347. The van der Waals surface area contributed by atoms with Crippen LogP contribution in [0.15, 0.2) is 36.9 Å². The molecule has 0 bridgehead atoms. The standard InChI is InChI=1S/C12H15NO2/c1-2-3-8-12(15)13-11-7-5-4-6-10(11)9-14/h2,4-7,14H,1,3,8-9H2,(H,13,15). The number of para-hydroxylation sites is 1. The Morgan fingerprint density at radius 2 is 2.20 bits per heavy atom. The van der Waals surface area contributed by atoms with Crippen LogP contribution in [0.5, 0.6) is 0 Å². The third-order valence-electron chi connectivity index (χ3n) is 2.04. The first-order chi connectivity index (χ1) is 7.27. The molecule has 3 heteroatoms. The van der Waals surface area contributed by atoms with Gasteiger partial charge in [0.15, 0.2) is 0 Å². The smallest absolute Gasteiger partial charge is 0.224 e. The van der Waals surface area contributed by atoms with Crippen LogP contribution in [0.4, 0.5) is 5.69 Å². The molecule has 1 rings (SSSR count). The highest BCUT2D eigenvalue weighted by molar-refractivity contribution is 5.91. The maximum absolute atomic E-state index is 11.4. The van der Waals surface area contributed by atoms with E-state index in [0.29, 0.717) is 18.5 Å². The highest BCUT2D eigenvalue weighted by Gasteiger charge is 2.04. The number of aliphatic hydroxyl groups excluding tert-OH is 1. The third kappa shape index (κ3) is 3.56. The predicted molar refractivity (Wildman–Crippen MR) is 60.4 cm³/mol. The Balaban J connectivity index is 2.63. The van der Waals surface area contributed by atoms with Crippen molar-refractivity contribution in [2.45, 2.75) is 19.4 Å². The summed E-state index contributed by atoms with van der Waals surface area (Å²) in [6.07, 6.45) is 2.79. The first kappa shape index (κ1) is 11.5. The second kappa shape index (κ2) is 5.98. The monoisotopic (exact) mass is 205 g/mol. The van der Waals surface area contributed by atoms with Crippen LogP contribution in [0.3, 0.4) is 0 Å². The van der Waals surface area contributed by atoms with E-state index in [4.69, 9.17) is 5.11 Å². The molecule has 15 heavy (non-hydrogen) atoms. The Hall–Kier alpha value is -1.61. The van der Waals surface area contributed by atoms with Crippen molar-refractivity contribution in [2.24, 2.45) is 0 Å². The summed E-state index contributed by atoms with van der Waals surface area (Å²) >= 11 is 0. The number of benzene rings is 1. The molecule has 0 saturated heterocycles. The fourth-order valence-electron chi connectivity index (χ4n) is 1.23. The van der Waals surface area contributed by atoms with E-state index >= 15 is 0 Å². The molecular weight excluding hydrogens is 190 g/mol. The zero-order valence-corrected chi connectivity index (χ0v) is 8.57. The molecule has 80 valence electrons. The van der Waals surface area contributed by atoms with Gasteiger partial charge in [-0.25, -0.2) is 0 Å². The van der Waals surface area contributed by atoms with Crippen LogP contribution in [0.1, 0.15) is 18.4 Å². The fourth-order valence-corrected chi connectivity index (χ4v) is 1.23. The molecule has 1 aromatic rings. The summed E-state index contributed by atoms with van der Waals surface area (Å²) in [4.78, 5) is 11.4. The van der Waals surface area contributed by atoms with Crippen molar-refractivity contribution in [1.82, 2.24) is 0 Å². The average molecular weight is 205 g/mol. The number of carbonyl (C=O) groups excluding carboxylic acids is 1. The molecule has 0 aliphatic heterocycles. The van der Waals surface area contributed by atoms with E-state index in [1.54, 1.807) is 18.2 Å². The van der Waals surface area contributed by atoms with Crippen molar-refractivity contribution in [3.63, 3.8) is 0 Å². The minimum atomic E-state index is -0.0715. The molecule has 0 heterocycles. The van der Waals surface area contributed by atoms with Crippen molar-refractivity contribution < 1.29 is 9.90 Å². The third-order valence-corrected chi connectivity index (χ3v) is 2.04. The van der Waals surface area contributed by atoms with Gasteiger partial charge in [-0.05, 0) is 12.5 Å². The second-order valence-corrected chi connectivity index (χ2v) is 3.19. The molecule has 0 aromatic heterocycles. The van der Waals surface area contributed by atoms with E-state index < -0.39 is 0 Å². The molecule has 0 aliphatic carbocycles. The number of allylic oxidation sites excluding steroid dienone is 1. The molecule has 0 aliphatic rings. The van der Waals surface area contributed by atoms with Gasteiger partial charge in [-0.3, -0.25) is 4.79 Å². The second-order valence-electron chi connectivity index (χ2n) is 3.19. The lowest BCUT2D eigenvalue weighted by Gasteiger charge is -2.08. The quantitative estimate of drug-likeness (QED) is 0.723. The van der Waals surface area contributed by atoms with Gasteiger partial charge in [-0.2, -0.15) is 0 Å². The number of anilines is 1. The molecule has 0 saturated carbocycles. The summed E-state index contributed by atoms with van der Waals surface area (Å²) in [6.45, 7) is 3.48. The SMILES string of the molecule is C=CCCC(=O)Nc1ccccc1CO. The predicted octanol–water partition coefficient (Wildman–Crippen LogP) is 2.08. The van der Waals surface area contributed by atoms with Crippen LogP contribution in [-0.2, 0) is 11.4 Å². The number of rotatable bonds is 5. The lowest BCUT2D eigenvalue weighted by Crippen LogP contribution is -2.12. The van der Waals surface area contributed by atoms with Crippen molar-refractivity contribution in [2.75, 3.05) is 5.32 Å². The molecule has 1 aromatic carbocycles. The number of nitrogens with one attached hydrogen (secondary N) is 1. The Kier molecular flexibility index (Phi) is 4.57. The Morgan fingerprint density at radius 3 is 2.87 bits per heavy atom. The summed E-state index contributed by atoms with van der Waals surface area (Å²) in [5, 5.41) is 11.8. The summed E-state index contributed by atoms with van der Waals surface area (Å²) < 4.78 is 0. The maximum Gasteiger partial charge on any atom is 0.224 e. The van der Waals surface area contributed by atoms with Gasteiger partial charge in [-0.1, -0.05) is 24.3 Å². The molecular formula is C12H15NO2. The van der Waals surface area contributed by atoms with Gasteiger partial charge >= 0.3 is 0 Å². The van der Waals surface area contributed by atoms with Gasteiger partial charge in [-0.15, -0.1) is 6.58 Å². The van der Waals surface area contributed by atoms with E-state index in [1.807, 2.05) is 12.1 Å². The van der Waals surface area contributed by atoms with Gasteiger partial charge in [0.2, 0.25) is 5.91 Å². The zero-order chi connectivity index (χ0) is 11.1. The lowest BCUT2D eigenvalue weighted by molar-refractivity contribution is -0.116. The van der Waals surface area contributed by atoms with E-state index in [-0.39, 0.29) is 12.5 Å². The summed E-state index contributed by atoms with van der Waals surface area (Å²) in [6, 6.07) is 7.20. The Morgan fingerprint density at radius 1 is 1.47 bits per heavy atom. The molecule has 0 spiro atoms. The van der Waals surface area contributed by atoms with Gasteiger partial charge < -0.3 is 10.4 Å². The van der Waals surface area contributed by atoms with E-state index in [9.17, 15) is 4.79 Å². The number of aliphatic hydroxyl groups is 1. The zero-order valence-electron chi connectivity index (χ0n) is 8.57. The van der Waals surface area contributed by atoms with E-state index in [0.717, 1.165) is 5.56 Å². The van der Waals surface area contributed by atoms with Gasteiger partial charge in [0.05, 0.1) is 6.61 Å². The maximum atomic E-state index is 11.4. The first-order valence-electron chi connectivity index (χ1n) is 4.87. The summed E-state index contributed by atoms with van der Waals surface area (Å²) in [7, 11) is 0. The van der Waals surface area contributed by atoms with Crippen LogP contribution >= 0.6 is 0 Å². The molecule has 3 nitrogen and oxygen atoms in total. The van der Waals surface area contributed by atoms with Crippen molar-refractivity contribution in [3.05, 3.63) is 42.5 Å². The van der Waals surface area contributed by atoms with Crippen LogP contribution in [0.25, 0.3) is 0 Å². The topological polar surface area (TPSA) is 49.3 Å². The lowest BCUT2D eigenvalue weighted by atomic mass is 10.2. The van der Waals surface area contributed by atoms with E-state index in [2.05, 4.69) is 11.9 Å². The molecule has 0 atom stereocenters. The minimum Gasteiger partial charge on any atom is -0.392 e. The van der Waals surface area contributed by atoms with E-state index in [1.165, 1.54) is 0 Å². The largest absolute Gasteiger partial charge is 0.392 e. The number of hydrogen-bond donors (Lipinski definition) is 2.